The summed E-state index contributed by atoms with van der Waals surface area (Å²) < 4.78 is 11.5. The van der Waals surface area contributed by atoms with Gasteiger partial charge in [0.05, 0.1) is 13.2 Å². The number of rotatable bonds is 3. The van der Waals surface area contributed by atoms with Gasteiger partial charge in [0, 0.05) is 30.6 Å². The molecule has 0 bridgehead atoms. The summed E-state index contributed by atoms with van der Waals surface area (Å²) in [5.74, 6) is -0.484. The molecule has 4 nitrogen and oxygen atoms in total. The Hall–Kier alpha value is -1.39. The van der Waals surface area contributed by atoms with Gasteiger partial charge in [0.15, 0.2) is 5.79 Å². The molecule has 0 saturated carbocycles. The van der Waals surface area contributed by atoms with Crippen LogP contribution in [0, 0.1) is 0 Å². The fourth-order valence-electron chi connectivity index (χ4n) is 3.00. The van der Waals surface area contributed by atoms with Crippen molar-refractivity contribution in [3.63, 3.8) is 0 Å². The minimum Gasteiger partial charge on any atom is -0.343 e. The normalized spacial score (nSPS) is 21.4. The van der Waals surface area contributed by atoms with Crippen LogP contribution >= 0.6 is 0 Å². The molecule has 2 aliphatic rings. The van der Waals surface area contributed by atoms with Crippen molar-refractivity contribution in [3.05, 3.63) is 35.4 Å². The van der Waals surface area contributed by atoms with Crippen molar-refractivity contribution in [1.82, 2.24) is 4.90 Å². The lowest BCUT2D eigenvalue weighted by molar-refractivity contribution is -0.167. The number of hydrogen-bond donors (Lipinski definition) is 0. The Morgan fingerprint density at radius 1 is 1.15 bits per heavy atom. The molecule has 2 fully saturated rings. The molecular formula is C16H21NO3. The van der Waals surface area contributed by atoms with Crippen LogP contribution in [0.4, 0.5) is 0 Å². The molecule has 1 amide bonds. The Morgan fingerprint density at radius 3 is 2.30 bits per heavy atom. The zero-order chi connectivity index (χ0) is 14.0. The Kier molecular flexibility index (Phi) is 3.76. The highest BCUT2D eigenvalue weighted by atomic mass is 16.7. The van der Waals surface area contributed by atoms with E-state index in [1.807, 2.05) is 29.2 Å². The van der Waals surface area contributed by atoms with Crippen LogP contribution < -0.4 is 0 Å². The molecule has 0 atom stereocenters. The first-order valence-corrected chi connectivity index (χ1v) is 7.43. The smallest absolute Gasteiger partial charge is 0.253 e. The highest BCUT2D eigenvalue weighted by Gasteiger charge is 2.36. The molecule has 0 spiro atoms. The molecule has 3 rings (SSSR count). The van der Waals surface area contributed by atoms with Crippen LogP contribution in [0.1, 0.15) is 42.1 Å². The molecule has 2 heterocycles. The molecule has 2 aliphatic heterocycles. The van der Waals surface area contributed by atoms with Crippen LogP contribution in [0.25, 0.3) is 0 Å². The van der Waals surface area contributed by atoms with Gasteiger partial charge in [-0.05, 0) is 25.0 Å². The van der Waals surface area contributed by atoms with Crippen molar-refractivity contribution in [2.45, 2.75) is 32.0 Å². The maximum absolute atomic E-state index is 12.3. The van der Waals surface area contributed by atoms with Crippen molar-refractivity contribution in [1.29, 1.82) is 0 Å². The maximum Gasteiger partial charge on any atom is 0.253 e. The standard InChI is InChI=1S/C16H21NO3/c1-2-16(19-11-12-20-16)14-7-5-13(6-8-14)15(18)17-9-3-4-10-17/h5-8H,2-4,9-12H2,1H3. The lowest BCUT2D eigenvalue weighted by Gasteiger charge is -2.26. The quantitative estimate of drug-likeness (QED) is 0.851. The second-order valence-electron chi connectivity index (χ2n) is 5.38. The molecule has 0 aliphatic carbocycles. The van der Waals surface area contributed by atoms with Crippen molar-refractivity contribution in [2.75, 3.05) is 26.3 Å². The molecule has 4 heteroatoms. The van der Waals surface area contributed by atoms with Crippen LogP contribution in [0.3, 0.4) is 0 Å². The number of benzene rings is 1. The highest BCUT2D eigenvalue weighted by molar-refractivity contribution is 5.94. The average Bonchev–Trinajstić information content (AvgIpc) is 3.18. The number of amides is 1. The second-order valence-corrected chi connectivity index (χ2v) is 5.38. The minimum atomic E-state index is -0.616. The van der Waals surface area contributed by atoms with Crippen molar-refractivity contribution in [2.24, 2.45) is 0 Å². The third kappa shape index (κ3) is 2.34. The SMILES string of the molecule is CCC1(c2ccc(C(=O)N3CCCC3)cc2)OCCO1. The van der Waals surface area contributed by atoms with E-state index < -0.39 is 5.79 Å². The first-order valence-electron chi connectivity index (χ1n) is 7.43. The zero-order valence-corrected chi connectivity index (χ0v) is 11.9. The van der Waals surface area contributed by atoms with Crippen molar-refractivity contribution in [3.8, 4) is 0 Å². The van der Waals surface area contributed by atoms with Crippen LogP contribution in [0.5, 0.6) is 0 Å². The minimum absolute atomic E-state index is 0.132. The molecule has 1 aromatic rings. The predicted octanol–water partition coefficient (Wildman–Crippen LogP) is 2.53. The van der Waals surface area contributed by atoms with Crippen LogP contribution in [-0.4, -0.2) is 37.1 Å². The fourth-order valence-corrected chi connectivity index (χ4v) is 3.00. The molecule has 1 aromatic carbocycles. The lowest BCUT2D eigenvalue weighted by atomic mass is 10.0. The summed E-state index contributed by atoms with van der Waals surface area (Å²) in [6, 6.07) is 7.69. The van der Waals surface area contributed by atoms with E-state index in [0.29, 0.717) is 13.2 Å². The molecule has 0 radical (unpaired) electrons. The molecule has 108 valence electrons. The lowest BCUT2D eigenvalue weighted by Crippen LogP contribution is -2.28. The number of likely N-dealkylation sites (tertiary alicyclic amines) is 1. The molecule has 0 N–H and O–H groups in total. The van der Waals surface area contributed by atoms with Gasteiger partial charge < -0.3 is 14.4 Å². The number of ether oxygens (including phenoxy) is 2. The van der Waals surface area contributed by atoms with E-state index in [2.05, 4.69) is 6.92 Å². The Bertz CT molecular complexity index is 471. The van der Waals surface area contributed by atoms with Crippen molar-refractivity contribution >= 4 is 5.91 Å². The highest BCUT2D eigenvalue weighted by Crippen LogP contribution is 2.34. The number of carbonyl (C=O) groups is 1. The van der Waals surface area contributed by atoms with Crippen LogP contribution in [0.2, 0.25) is 0 Å². The Labute approximate surface area is 119 Å². The number of hydrogen-bond acceptors (Lipinski definition) is 3. The van der Waals surface area contributed by atoms with Gasteiger partial charge in [-0.1, -0.05) is 19.1 Å². The summed E-state index contributed by atoms with van der Waals surface area (Å²) in [5.41, 5.74) is 1.75. The Morgan fingerprint density at radius 2 is 1.75 bits per heavy atom. The van der Waals surface area contributed by atoms with E-state index in [9.17, 15) is 4.79 Å². The topological polar surface area (TPSA) is 38.8 Å². The molecular weight excluding hydrogens is 254 g/mol. The third-order valence-corrected chi connectivity index (χ3v) is 4.18. The van der Waals surface area contributed by atoms with Gasteiger partial charge in [0.25, 0.3) is 5.91 Å². The molecule has 2 saturated heterocycles. The summed E-state index contributed by atoms with van der Waals surface area (Å²) in [5, 5.41) is 0. The van der Waals surface area contributed by atoms with E-state index in [4.69, 9.17) is 9.47 Å². The summed E-state index contributed by atoms with van der Waals surface area (Å²) in [7, 11) is 0. The van der Waals surface area contributed by atoms with E-state index in [-0.39, 0.29) is 5.91 Å². The molecule has 0 aromatic heterocycles. The number of nitrogens with zero attached hydrogens (tertiary/aromatic N) is 1. The summed E-state index contributed by atoms with van der Waals surface area (Å²) >= 11 is 0. The zero-order valence-electron chi connectivity index (χ0n) is 11.9. The Balaban J connectivity index is 1.78. The second kappa shape index (κ2) is 5.54. The monoisotopic (exact) mass is 275 g/mol. The first-order chi connectivity index (χ1) is 9.75. The largest absolute Gasteiger partial charge is 0.343 e. The van der Waals surface area contributed by atoms with E-state index in [0.717, 1.165) is 43.5 Å². The van der Waals surface area contributed by atoms with E-state index in [1.54, 1.807) is 0 Å². The van der Waals surface area contributed by atoms with Gasteiger partial charge in [0.2, 0.25) is 0 Å². The van der Waals surface area contributed by atoms with Crippen LogP contribution in [0.15, 0.2) is 24.3 Å². The van der Waals surface area contributed by atoms with E-state index >= 15 is 0 Å². The fraction of sp³-hybridized carbons (Fsp3) is 0.562. The molecule has 20 heavy (non-hydrogen) atoms. The van der Waals surface area contributed by atoms with Gasteiger partial charge in [0.1, 0.15) is 0 Å². The summed E-state index contributed by atoms with van der Waals surface area (Å²) in [6.45, 7) is 5.07. The third-order valence-electron chi connectivity index (χ3n) is 4.18. The molecule has 0 unspecified atom stereocenters. The van der Waals surface area contributed by atoms with Crippen LogP contribution in [-0.2, 0) is 15.3 Å². The van der Waals surface area contributed by atoms with Gasteiger partial charge in [-0.15, -0.1) is 0 Å². The van der Waals surface area contributed by atoms with Gasteiger partial charge in [-0.25, -0.2) is 0 Å². The summed E-state index contributed by atoms with van der Waals surface area (Å²) in [4.78, 5) is 14.2. The van der Waals surface area contributed by atoms with Gasteiger partial charge in [-0.2, -0.15) is 0 Å². The first kappa shape index (κ1) is 13.6. The van der Waals surface area contributed by atoms with Gasteiger partial charge in [-0.3, -0.25) is 4.79 Å². The maximum atomic E-state index is 12.3. The predicted molar refractivity (Wildman–Crippen MR) is 75.5 cm³/mol. The summed E-state index contributed by atoms with van der Waals surface area (Å²) in [6.07, 6.45) is 3.00. The van der Waals surface area contributed by atoms with Gasteiger partial charge >= 0.3 is 0 Å². The van der Waals surface area contributed by atoms with Crippen molar-refractivity contribution < 1.29 is 14.3 Å². The average molecular weight is 275 g/mol. The number of carbonyl (C=O) groups excluding carboxylic acids is 1. The van der Waals surface area contributed by atoms with E-state index in [1.165, 1.54) is 0 Å².